The molecule has 0 aromatic heterocycles. The molecule has 0 radical (unpaired) electrons. The molecule has 0 bridgehead atoms. The predicted molar refractivity (Wildman–Crippen MR) is 74.5 cm³/mol. The van der Waals surface area contributed by atoms with Crippen LogP contribution in [-0.2, 0) is 19.6 Å². The van der Waals surface area contributed by atoms with Gasteiger partial charge in [0.25, 0.3) is 0 Å². The minimum atomic E-state index is -3.72. The zero-order chi connectivity index (χ0) is 14.9. The number of hydrogen-bond acceptors (Lipinski definition) is 4. The van der Waals surface area contributed by atoms with E-state index in [2.05, 4.69) is 5.32 Å². The number of anilines is 1. The topological polar surface area (TPSA) is 83.6 Å². The summed E-state index contributed by atoms with van der Waals surface area (Å²) in [5.74, 6) is -1.01. The number of sulfonamides is 1. The van der Waals surface area contributed by atoms with E-state index in [1.165, 1.54) is 0 Å². The second-order valence-corrected chi connectivity index (χ2v) is 6.72. The van der Waals surface area contributed by atoms with E-state index >= 15 is 0 Å². The molecule has 6 nitrogen and oxygen atoms in total. The van der Waals surface area contributed by atoms with E-state index in [-0.39, 0.29) is 12.8 Å². The maximum atomic E-state index is 12.1. The van der Waals surface area contributed by atoms with E-state index in [1.807, 2.05) is 19.1 Å². The summed E-state index contributed by atoms with van der Waals surface area (Å²) in [6.07, 6.45) is 1.21. The molecule has 1 atom stereocenters. The van der Waals surface area contributed by atoms with Gasteiger partial charge >= 0.3 is 0 Å². The Morgan fingerprint density at radius 1 is 1.30 bits per heavy atom. The first kappa shape index (κ1) is 14.5. The van der Waals surface area contributed by atoms with Gasteiger partial charge in [-0.25, -0.2) is 12.7 Å². The van der Waals surface area contributed by atoms with Gasteiger partial charge in [-0.1, -0.05) is 17.7 Å². The first-order valence-electron chi connectivity index (χ1n) is 6.19. The van der Waals surface area contributed by atoms with Gasteiger partial charge in [0.05, 0.1) is 6.26 Å². The quantitative estimate of drug-likeness (QED) is 0.897. The first-order valence-corrected chi connectivity index (χ1v) is 8.03. The number of amides is 2. The van der Waals surface area contributed by atoms with Crippen molar-refractivity contribution >= 4 is 27.5 Å². The average Bonchev–Trinajstić information content (AvgIpc) is 2.74. The second kappa shape index (κ2) is 5.24. The smallest absolute Gasteiger partial charge is 0.248 e. The van der Waals surface area contributed by atoms with Gasteiger partial charge in [0, 0.05) is 12.1 Å². The largest absolute Gasteiger partial charge is 0.324 e. The fourth-order valence-corrected chi connectivity index (χ4v) is 3.30. The van der Waals surface area contributed by atoms with Gasteiger partial charge in [0.15, 0.2) is 0 Å². The highest BCUT2D eigenvalue weighted by Crippen LogP contribution is 2.23. The molecule has 1 aromatic rings. The Labute approximate surface area is 117 Å². The number of nitrogens with one attached hydrogen (secondary N) is 1. The maximum Gasteiger partial charge on any atom is 0.248 e. The molecular formula is C13H16N2O4S. The number of nitrogens with zero attached hydrogens (tertiary/aromatic N) is 1. The molecular weight excluding hydrogens is 280 g/mol. The Balaban J connectivity index is 2.16. The summed E-state index contributed by atoms with van der Waals surface area (Å²) in [6.45, 7) is 1.92. The lowest BCUT2D eigenvalue weighted by Crippen LogP contribution is -2.44. The van der Waals surface area contributed by atoms with E-state index in [0.29, 0.717) is 9.99 Å². The summed E-state index contributed by atoms with van der Waals surface area (Å²) < 4.78 is 23.8. The molecule has 0 spiro atoms. The molecule has 1 saturated heterocycles. The van der Waals surface area contributed by atoms with Gasteiger partial charge in [-0.2, -0.15) is 0 Å². The van der Waals surface area contributed by atoms with Crippen LogP contribution in [0.15, 0.2) is 24.3 Å². The SMILES string of the molecule is Cc1ccc(NC(=O)C2CCC(=O)N2S(C)(=O)=O)cc1. The second-order valence-electron chi connectivity index (χ2n) is 4.86. The molecule has 1 aliphatic heterocycles. The van der Waals surface area contributed by atoms with Gasteiger partial charge in [0.2, 0.25) is 21.8 Å². The van der Waals surface area contributed by atoms with E-state index in [9.17, 15) is 18.0 Å². The van der Waals surface area contributed by atoms with Gasteiger partial charge in [0.1, 0.15) is 6.04 Å². The number of carbonyl (C=O) groups is 2. The van der Waals surface area contributed by atoms with Crippen molar-refractivity contribution in [3.8, 4) is 0 Å². The third-order valence-electron chi connectivity index (χ3n) is 3.14. The van der Waals surface area contributed by atoms with Gasteiger partial charge < -0.3 is 5.32 Å². The molecule has 108 valence electrons. The molecule has 2 rings (SSSR count). The zero-order valence-corrected chi connectivity index (χ0v) is 12.1. The van der Waals surface area contributed by atoms with Crippen molar-refractivity contribution in [3.63, 3.8) is 0 Å². The Bertz CT molecular complexity index is 637. The number of rotatable bonds is 3. The fraction of sp³-hybridized carbons (Fsp3) is 0.385. The highest BCUT2D eigenvalue weighted by molar-refractivity contribution is 7.89. The van der Waals surface area contributed by atoms with Gasteiger partial charge in [-0.05, 0) is 25.5 Å². The number of aryl methyl sites for hydroxylation is 1. The van der Waals surface area contributed by atoms with Gasteiger partial charge in [-0.15, -0.1) is 0 Å². The van der Waals surface area contributed by atoms with Crippen LogP contribution in [0.4, 0.5) is 5.69 Å². The summed E-state index contributed by atoms with van der Waals surface area (Å²) >= 11 is 0. The van der Waals surface area contributed by atoms with Crippen molar-refractivity contribution in [1.82, 2.24) is 4.31 Å². The van der Waals surface area contributed by atoms with Crippen molar-refractivity contribution in [1.29, 1.82) is 0 Å². The summed E-state index contributed by atoms with van der Waals surface area (Å²) in [5, 5.41) is 2.64. The third kappa shape index (κ3) is 2.98. The number of hydrogen-bond donors (Lipinski definition) is 1. The van der Waals surface area contributed by atoms with Crippen LogP contribution in [0.3, 0.4) is 0 Å². The molecule has 7 heteroatoms. The Hall–Kier alpha value is -1.89. The normalized spacial score (nSPS) is 19.2. The van der Waals surface area contributed by atoms with Crippen LogP contribution in [0.25, 0.3) is 0 Å². The summed E-state index contributed by atoms with van der Waals surface area (Å²) in [5.41, 5.74) is 1.63. The molecule has 1 aromatic carbocycles. The van der Waals surface area contributed by atoms with Gasteiger partial charge in [-0.3, -0.25) is 9.59 Å². The number of benzene rings is 1. The summed E-state index contributed by atoms with van der Waals surface area (Å²) in [4.78, 5) is 23.7. The predicted octanol–water partition coefficient (Wildman–Crippen LogP) is 0.884. The van der Waals surface area contributed by atoms with Crippen molar-refractivity contribution in [2.75, 3.05) is 11.6 Å². The van der Waals surface area contributed by atoms with Crippen LogP contribution in [0.2, 0.25) is 0 Å². The highest BCUT2D eigenvalue weighted by Gasteiger charge is 2.41. The minimum Gasteiger partial charge on any atom is -0.324 e. The van der Waals surface area contributed by atoms with Crippen molar-refractivity contribution < 1.29 is 18.0 Å². The van der Waals surface area contributed by atoms with Crippen LogP contribution in [0, 0.1) is 6.92 Å². The minimum absolute atomic E-state index is 0.0685. The van der Waals surface area contributed by atoms with E-state index in [4.69, 9.17) is 0 Å². The van der Waals surface area contributed by atoms with Crippen molar-refractivity contribution in [2.24, 2.45) is 0 Å². The molecule has 0 aliphatic carbocycles. The molecule has 0 saturated carbocycles. The van der Waals surface area contributed by atoms with E-state index < -0.39 is 27.9 Å². The molecule has 1 fully saturated rings. The summed E-state index contributed by atoms with van der Waals surface area (Å²) in [6, 6.07) is 6.18. The maximum absolute atomic E-state index is 12.1. The molecule has 1 aliphatic rings. The highest BCUT2D eigenvalue weighted by atomic mass is 32.2. The standard InChI is InChI=1S/C13H16N2O4S/c1-9-3-5-10(6-4-9)14-13(17)11-7-8-12(16)15(11)20(2,18)19/h3-6,11H,7-8H2,1-2H3,(H,14,17). The first-order chi connectivity index (χ1) is 9.29. The zero-order valence-electron chi connectivity index (χ0n) is 11.3. The Kier molecular flexibility index (Phi) is 3.80. The van der Waals surface area contributed by atoms with E-state index in [1.54, 1.807) is 12.1 Å². The van der Waals surface area contributed by atoms with Crippen LogP contribution in [0.5, 0.6) is 0 Å². The molecule has 2 amide bonds. The van der Waals surface area contributed by atoms with Crippen LogP contribution >= 0.6 is 0 Å². The lowest BCUT2D eigenvalue weighted by atomic mass is 10.2. The van der Waals surface area contributed by atoms with Crippen LogP contribution in [-0.4, -0.2) is 36.8 Å². The molecule has 1 N–H and O–H groups in total. The number of carbonyl (C=O) groups excluding carboxylic acids is 2. The van der Waals surface area contributed by atoms with Crippen molar-refractivity contribution in [3.05, 3.63) is 29.8 Å². The molecule has 20 heavy (non-hydrogen) atoms. The fourth-order valence-electron chi connectivity index (χ4n) is 2.18. The summed E-state index contributed by atoms with van der Waals surface area (Å²) in [7, 11) is -3.72. The van der Waals surface area contributed by atoms with E-state index in [0.717, 1.165) is 11.8 Å². The Morgan fingerprint density at radius 3 is 2.45 bits per heavy atom. The average molecular weight is 296 g/mol. The lowest BCUT2D eigenvalue weighted by Gasteiger charge is -2.21. The molecule has 1 unspecified atom stereocenters. The van der Waals surface area contributed by atoms with Crippen LogP contribution < -0.4 is 5.32 Å². The third-order valence-corrected chi connectivity index (χ3v) is 4.31. The monoisotopic (exact) mass is 296 g/mol. The lowest BCUT2D eigenvalue weighted by molar-refractivity contribution is -0.128. The Morgan fingerprint density at radius 2 is 1.90 bits per heavy atom. The molecule has 1 heterocycles. The van der Waals surface area contributed by atoms with Crippen molar-refractivity contribution in [2.45, 2.75) is 25.8 Å². The van der Waals surface area contributed by atoms with Crippen LogP contribution in [0.1, 0.15) is 18.4 Å².